The fraction of sp³-hybridized carbons (Fsp3) is 0.308. The van der Waals surface area contributed by atoms with Gasteiger partial charge in [0.05, 0.1) is 22.6 Å². The maximum atomic E-state index is 12.1. The Balaban J connectivity index is 2.19. The first-order chi connectivity index (χ1) is 9.58. The fourth-order valence-corrected chi connectivity index (χ4v) is 2.64. The summed E-state index contributed by atoms with van der Waals surface area (Å²) in [6, 6.07) is 4.50. The molecule has 104 valence electrons. The number of fused-ring (bicyclic) bond motifs is 1. The van der Waals surface area contributed by atoms with E-state index in [9.17, 15) is 19.5 Å². The highest BCUT2D eigenvalue weighted by Gasteiger charge is 2.25. The molecule has 0 aliphatic carbocycles. The number of H-pyrrole nitrogens is 1. The summed E-state index contributed by atoms with van der Waals surface area (Å²) in [5.41, 5.74) is 0.602. The van der Waals surface area contributed by atoms with Crippen LogP contribution in [-0.4, -0.2) is 33.1 Å². The molecule has 1 aromatic heterocycles. The number of nitrogens with zero attached hydrogens (tertiary/aromatic N) is 1. The fourth-order valence-electron chi connectivity index (χ4n) is 2.64. The normalized spacial score (nSPS) is 19.0. The zero-order valence-corrected chi connectivity index (χ0v) is 10.5. The zero-order valence-electron chi connectivity index (χ0n) is 10.5. The number of hydrogen-bond donors (Lipinski definition) is 3. The van der Waals surface area contributed by atoms with Gasteiger partial charge in [-0.15, -0.1) is 0 Å². The predicted octanol–water partition coefficient (Wildman–Crippen LogP) is 0.479. The van der Waals surface area contributed by atoms with Gasteiger partial charge in [-0.05, 0) is 18.6 Å². The molecule has 7 nitrogen and oxygen atoms in total. The van der Waals surface area contributed by atoms with Crippen molar-refractivity contribution in [3.63, 3.8) is 0 Å². The number of piperidine rings is 1. The van der Waals surface area contributed by atoms with Crippen LogP contribution in [0.2, 0.25) is 0 Å². The Morgan fingerprint density at radius 2 is 2.15 bits per heavy atom. The Kier molecular flexibility index (Phi) is 2.81. The van der Waals surface area contributed by atoms with Crippen molar-refractivity contribution in [2.75, 3.05) is 6.54 Å². The number of imidazole rings is 1. The van der Waals surface area contributed by atoms with Gasteiger partial charge in [0, 0.05) is 13.0 Å². The second-order valence-electron chi connectivity index (χ2n) is 4.80. The molecule has 0 spiro atoms. The number of carboxylic acid groups (broad SMARTS) is 1. The van der Waals surface area contributed by atoms with Gasteiger partial charge in [0.15, 0.2) is 0 Å². The Bertz CT molecular complexity index is 749. The summed E-state index contributed by atoms with van der Waals surface area (Å²) in [7, 11) is 0. The Hall–Kier alpha value is -2.57. The second kappa shape index (κ2) is 4.52. The second-order valence-corrected chi connectivity index (χ2v) is 4.80. The lowest BCUT2D eigenvalue weighted by atomic mass is 10.1. The lowest BCUT2D eigenvalue weighted by Crippen LogP contribution is -2.39. The van der Waals surface area contributed by atoms with E-state index >= 15 is 0 Å². The van der Waals surface area contributed by atoms with Gasteiger partial charge in [0.1, 0.15) is 0 Å². The number of nitrogens with one attached hydrogen (secondary N) is 2. The molecule has 3 N–H and O–H groups in total. The van der Waals surface area contributed by atoms with Crippen LogP contribution in [0.3, 0.4) is 0 Å². The van der Waals surface area contributed by atoms with Gasteiger partial charge in [-0.2, -0.15) is 0 Å². The molecule has 20 heavy (non-hydrogen) atoms. The molecule has 1 amide bonds. The minimum Gasteiger partial charge on any atom is -0.478 e. The number of aromatic amines is 1. The summed E-state index contributed by atoms with van der Waals surface area (Å²) in [6.07, 6.45) is 0.853. The summed E-state index contributed by atoms with van der Waals surface area (Å²) in [5, 5.41) is 12.0. The molecule has 2 heterocycles. The van der Waals surface area contributed by atoms with Gasteiger partial charge >= 0.3 is 11.7 Å². The summed E-state index contributed by atoms with van der Waals surface area (Å²) in [5.74, 6) is -1.13. The van der Waals surface area contributed by atoms with E-state index in [1.54, 1.807) is 12.1 Å². The molecule has 2 aromatic rings. The third-order valence-corrected chi connectivity index (χ3v) is 3.57. The first-order valence-electron chi connectivity index (χ1n) is 6.31. The minimum absolute atomic E-state index is 0.0485. The van der Waals surface area contributed by atoms with Crippen LogP contribution >= 0.6 is 0 Å². The number of amides is 1. The van der Waals surface area contributed by atoms with Crippen LogP contribution in [0.1, 0.15) is 29.2 Å². The van der Waals surface area contributed by atoms with Crippen LogP contribution in [0.25, 0.3) is 11.0 Å². The molecule has 1 atom stereocenters. The van der Waals surface area contributed by atoms with Crippen molar-refractivity contribution >= 4 is 22.9 Å². The quantitative estimate of drug-likeness (QED) is 0.741. The van der Waals surface area contributed by atoms with Gasteiger partial charge in [-0.25, -0.2) is 9.59 Å². The monoisotopic (exact) mass is 275 g/mol. The van der Waals surface area contributed by atoms with E-state index in [0.29, 0.717) is 30.4 Å². The van der Waals surface area contributed by atoms with Crippen LogP contribution in [0, 0.1) is 0 Å². The molecule has 1 fully saturated rings. The van der Waals surface area contributed by atoms with Crippen molar-refractivity contribution < 1.29 is 14.7 Å². The average Bonchev–Trinajstić information content (AvgIpc) is 2.75. The van der Waals surface area contributed by atoms with Crippen molar-refractivity contribution in [3.8, 4) is 0 Å². The first kappa shape index (κ1) is 12.5. The lowest BCUT2D eigenvalue weighted by molar-refractivity contribution is -0.122. The SMILES string of the molecule is O=C1CCC(n2c(=O)[nH]c3cccc(C(=O)O)c32)CN1. The van der Waals surface area contributed by atoms with Gasteiger partial charge in [-0.3, -0.25) is 9.36 Å². The Morgan fingerprint density at radius 1 is 1.35 bits per heavy atom. The summed E-state index contributed by atoms with van der Waals surface area (Å²) < 4.78 is 1.44. The van der Waals surface area contributed by atoms with Crippen molar-refractivity contribution in [1.29, 1.82) is 0 Å². The van der Waals surface area contributed by atoms with E-state index < -0.39 is 5.97 Å². The molecule has 0 radical (unpaired) electrons. The lowest BCUT2D eigenvalue weighted by Gasteiger charge is -2.23. The number of carbonyl (C=O) groups is 2. The largest absolute Gasteiger partial charge is 0.478 e. The molecule has 1 aliphatic heterocycles. The summed E-state index contributed by atoms with van der Waals surface area (Å²) in [4.78, 5) is 37.3. The Morgan fingerprint density at radius 3 is 2.80 bits per heavy atom. The molecule has 7 heteroatoms. The number of para-hydroxylation sites is 1. The highest BCUT2D eigenvalue weighted by Crippen LogP contribution is 2.23. The number of aromatic carboxylic acids is 1. The van der Waals surface area contributed by atoms with Crippen molar-refractivity contribution in [2.24, 2.45) is 0 Å². The average molecular weight is 275 g/mol. The molecule has 1 aromatic carbocycles. The van der Waals surface area contributed by atoms with Gasteiger partial charge < -0.3 is 15.4 Å². The third kappa shape index (κ3) is 1.87. The maximum Gasteiger partial charge on any atom is 0.337 e. The summed E-state index contributed by atoms with van der Waals surface area (Å²) in [6.45, 7) is 0.333. The van der Waals surface area contributed by atoms with E-state index in [1.807, 2.05) is 0 Å². The smallest absolute Gasteiger partial charge is 0.337 e. The molecular formula is C13H13N3O4. The van der Waals surface area contributed by atoms with Gasteiger partial charge in [0.2, 0.25) is 5.91 Å². The molecule has 1 aliphatic rings. The highest BCUT2D eigenvalue weighted by atomic mass is 16.4. The maximum absolute atomic E-state index is 12.1. The zero-order chi connectivity index (χ0) is 14.3. The molecule has 3 rings (SSSR count). The number of rotatable bonds is 2. The molecule has 1 saturated heterocycles. The number of aromatic nitrogens is 2. The van der Waals surface area contributed by atoms with Crippen molar-refractivity contribution in [1.82, 2.24) is 14.9 Å². The van der Waals surface area contributed by atoms with Crippen LogP contribution in [0.5, 0.6) is 0 Å². The number of benzene rings is 1. The van der Waals surface area contributed by atoms with Crippen LogP contribution in [-0.2, 0) is 4.79 Å². The summed E-state index contributed by atoms with van der Waals surface area (Å²) >= 11 is 0. The first-order valence-corrected chi connectivity index (χ1v) is 6.31. The van der Waals surface area contributed by atoms with E-state index in [2.05, 4.69) is 10.3 Å². The van der Waals surface area contributed by atoms with E-state index in [1.165, 1.54) is 10.6 Å². The molecular weight excluding hydrogens is 262 g/mol. The topological polar surface area (TPSA) is 104 Å². The Labute approximate surface area is 113 Å². The standard InChI is InChI=1S/C13H13N3O4/c17-10-5-4-7(6-14-10)16-11-8(12(18)19)2-1-3-9(11)15-13(16)20/h1-3,7H,4-6H2,(H,14,17)(H,15,20)(H,18,19). The van der Waals surface area contributed by atoms with Crippen LogP contribution in [0.15, 0.2) is 23.0 Å². The molecule has 0 saturated carbocycles. The third-order valence-electron chi connectivity index (χ3n) is 3.57. The molecule has 1 unspecified atom stereocenters. The number of carboxylic acids is 1. The molecule has 0 bridgehead atoms. The van der Waals surface area contributed by atoms with Crippen molar-refractivity contribution in [2.45, 2.75) is 18.9 Å². The van der Waals surface area contributed by atoms with Crippen molar-refractivity contribution in [3.05, 3.63) is 34.2 Å². The minimum atomic E-state index is -1.08. The predicted molar refractivity (Wildman–Crippen MR) is 70.8 cm³/mol. The number of hydrogen-bond acceptors (Lipinski definition) is 3. The highest BCUT2D eigenvalue weighted by molar-refractivity contribution is 6.01. The van der Waals surface area contributed by atoms with E-state index in [-0.39, 0.29) is 23.2 Å². The number of carbonyl (C=O) groups excluding carboxylic acids is 1. The van der Waals surface area contributed by atoms with E-state index in [0.717, 1.165) is 0 Å². The van der Waals surface area contributed by atoms with Crippen LogP contribution < -0.4 is 11.0 Å². The van der Waals surface area contributed by atoms with Gasteiger partial charge in [0.25, 0.3) is 0 Å². The van der Waals surface area contributed by atoms with Crippen LogP contribution in [0.4, 0.5) is 0 Å². The van der Waals surface area contributed by atoms with E-state index in [4.69, 9.17) is 0 Å². The van der Waals surface area contributed by atoms with Gasteiger partial charge in [-0.1, -0.05) is 6.07 Å².